The molecular formula is C16H18N2. The molecule has 0 spiro atoms. The molecule has 0 aromatic heterocycles. The summed E-state index contributed by atoms with van der Waals surface area (Å²) in [6.45, 7) is 2.14. The van der Waals surface area contributed by atoms with Crippen LogP contribution in [0.5, 0.6) is 0 Å². The van der Waals surface area contributed by atoms with Crippen LogP contribution < -0.4 is 10.6 Å². The van der Waals surface area contributed by atoms with Crippen molar-refractivity contribution in [3.8, 4) is 11.1 Å². The third-order valence-corrected chi connectivity index (χ3v) is 3.38. The number of hydrogen-bond donors (Lipinski definition) is 2. The zero-order valence-electron chi connectivity index (χ0n) is 10.4. The van der Waals surface area contributed by atoms with Crippen molar-refractivity contribution in [3.63, 3.8) is 0 Å². The Morgan fingerprint density at radius 3 is 2.33 bits per heavy atom. The van der Waals surface area contributed by atoms with Crippen molar-refractivity contribution in [3.05, 3.63) is 60.2 Å². The SMILES string of the molecule is c1ccc(-c2cccc(CC3NCCN3)c2)cc1. The Bertz CT molecular complexity index is 502. The predicted octanol–water partition coefficient (Wildman–Crippen LogP) is 2.42. The van der Waals surface area contributed by atoms with Gasteiger partial charge in [0, 0.05) is 19.5 Å². The van der Waals surface area contributed by atoms with Gasteiger partial charge in [0.2, 0.25) is 0 Å². The van der Waals surface area contributed by atoms with Gasteiger partial charge in [-0.15, -0.1) is 0 Å². The summed E-state index contributed by atoms with van der Waals surface area (Å²) in [4.78, 5) is 0. The van der Waals surface area contributed by atoms with E-state index in [9.17, 15) is 0 Å². The van der Waals surface area contributed by atoms with E-state index in [1.165, 1.54) is 16.7 Å². The number of benzene rings is 2. The third kappa shape index (κ3) is 2.61. The molecule has 0 radical (unpaired) electrons. The van der Waals surface area contributed by atoms with Gasteiger partial charge in [-0.2, -0.15) is 0 Å². The topological polar surface area (TPSA) is 24.1 Å². The monoisotopic (exact) mass is 238 g/mol. The van der Waals surface area contributed by atoms with E-state index in [0.717, 1.165) is 19.5 Å². The zero-order valence-corrected chi connectivity index (χ0v) is 10.4. The van der Waals surface area contributed by atoms with Crippen LogP contribution in [0.1, 0.15) is 5.56 Å². The van der Waals surface area contributed by atoms with Crippen LogP contribution in [0.4, 0.5) is 0 Å². The highest BCUT2D eigenvalue weighted by Crippen LogP contribution is 2.20. The lowest BCUT2D eigenvalue weighted by molar-refractivity contribution is 0.551. The third-order valence-electron chi connectivity index (χ3n) is 3.38. The van der Waals surface area contributed by atoms with Crippen molar-refractivity contribution < 1.29 is 0 Å². The first kappa shape index (κ1) is 11.5. The molecule has 0 saturated carbocycles. The van der Waals surface area contributed by atoms with Crippen molar-refractivity contribution in [1.29, 1.82) is 0 Å². The van der Waals surface area contributed by atoms with Gasteiger partial charge < -0.3 is 10.6 Å². The highest BCUT2D eigenvalue weighted by molar-refractivity contribution is 5.63. The minimum absolute atomic E-state index is 0.427. The first-order valence-corrected chi connectivity index (χ1v) is 6.53. The van der Waals surface area contributed by atoms with Gasteiger partial charge in [0.1, 0.15) is 0 Å². The van der Waals surface area contributed by atoms with E-state index >= 15 is 0 Å². The summed E-state index contributed by atoms with van der Waals surface area (Å²) < 4.78 is 0. The Kier molecular flexibility index (Phi) is 3.40. The van der Waals surface area contributed by atoms with Crippen LogP contribution in [-0.2, 0) is 6.42 Å². The maximum atomic E-state index is 3.45. The van der Waals surface area contributed by atoms with Crippen molar-refractivity contribution >= 4 is 0 Å². The van der Waals surface area contributed by atoms with Crippen LogP contribution in [-0.4, -0.2) is 19.3 Å². The van der Waals surface area contributed by atoms with E-state index < -0.39 is 0 Å². The van der Waals surface area contributed by atoms with Crippen LogP contribution in [0.3, 0.4) is 0 Å². The lowest BCUT2D eigenvalue weighted by Crippen LogP contribution is -2.33. The van der Waals surface area contributed by atoms with E-state index in [2.05, 4.69) is 65.2 Å². The summed E-state index contributed by atoms with van der Waals surface area (Å²) in [6.07, 6.45) is 1.47. The molecule has 0 unspecified atom stereocenters. The maximum Gasteiger partial charge on any atom is 0.0614 e. The van der Waals surface area contributed by atoms with Gasteiger partial charge in [-0.25, -0.2) is 0 Å². The lowest BCUT2D eigenvalue weighted by atomic mass is 10.0. The van der Waals surface area contributed by atoms with Crippen LogP contribution in [0.15, 0.2) is 54.6 Å². The van der Waals surface area contributed by atoms with Gasteiger partial charge in [0.25, 0.3) is 0 Å². The largest absolute Gasteiger partial charge is 0.300 e. The predicted molar refractivity (Wildman–Crippen MR) is 75.4 cm³/mol. The van der Waals surface area contributed by atoms with Gasteiger partial charge in [-0.1, -0.05) is 54.6 Å². The fraction of sp³-hybridized carbons (Fsp3) is 0.250. The maximum absolute atomic E-state index is 3.45. The fourth-order valence-electron chi connectivity index (χ4n) is 2.45. The molecule has 3 rings (SSSR count). The molecule has 2 nitrogen and oxygen atoms in total. The van der Waals surface area contributed by atoms with E-state index in [4.69, 9.17) is 0 Å². The van der Waals surface area contributed by atoms with Crippen molar-refractivity contribution in [1.82, 2.24) is 10.6 Å². The van der Waals surface area contributed by atoms with E-state index in [0.29, 0.717) is 6.17 Å². The second kappa shape index (κ2) is 5.34. The molecule has 2 aromatic carbocycles. The minimum Gasteiger partial charge on any atom is -0.300 e. The van der Waals surface area contributed by atoms with E-state index in [-0.39, 0.29) is 0 Å². The summed E-state index contributed by atoms with van der Waals surface area (Å²) in [5, 5.41) is 6.91. The van der Waals surface area contributed by atoms with Gasteiger partial charge in [-0.3, -0.25) is 0 Å². The molecule has 18 heavy (non-hydrogen) atoms. The summed E-state index contributed by atoms with van der Waals surface area (Å²) in [7, 11) is 0. The van der Waals surface area contributed by atoms with Crippen LogP contribution in [0, 0.1) is 0 Å². The molecule has 1 fully saturated rings. The molecule has 2 heteroatoms. The molecule has 1 aliphatic heterocycles. The Morgan fingerprint density at radius 2 is 1.56 bits per heavy atom. The average Bonchev–Trinajstić information content (AvgIpc) is 2.93. The Morgan fingerprint density at radius 1 is 0.833 bits per heavy atom. The molecule has 0 atom stereocenters. The Labute approximate surface area is 108 Å². The van der Waals surface area contributed by atoms with Gasteiger partial charge >= 0.3 is 0 Å². The minimum atomic E-state index is 0.427. The highest BCUT2D eigenvalue weighted by Gasteiger charge is 2.13. The van der Waals surface area contributed by atoms with Crippen molar-refractivity contribution in [2.24, 2.45) is 0 Å². The molecule has 2 N–H and O–H groups in total. The fourth-order valence-corrected chi connectivity index (χ4v) is 2.45. The summed E-state index contributed by atoms with van der Waals surface area (Å²) >= 11 is 0. The molecule has 2 aromatic rings. The number of rotatable bonds is 3. The zero-order chi connectivity index (χ0) is 12.2. The molecule has 92 valence electrons. The molecule has 0 aliphatic carbocycles. The van der Waals surface area contributed by atoms with Crippen LogP contribution >= 0.6 is 0 Å². The molecular weight excluding hydrogens is 220 g/mol. The second-order valence-corrected chi connectivity index (χ2v) is 4.73. The first-order valence-electron chi connectivity index (χ1n) is 6.53. The first-order chi connectivity index (χ1) is 8.92. The second-order valence-electron chi connectivity index (χ2n) is 4.73. The quantitative estimate of drug-likeness (QED) is 0.858. The molecule has 1 saturated heterocycles. The normalized spacial score (nSPS) is 16.0. The molecule has 0 bridgehead atoms. The van der Waals surface area contributed by atoms with Crippen LogP contribution in [0.25, 0.3) is 11.1 Å². The smallest absolute Gasteiger partial charge is 0.0614 e. The standard InChI is InChI=1S/C16H18N2/c1-2-6-14(7-3-1)15-8-4-5-13(11-15)12-16-17-9-10-18-16/h1-8,11,16-18H,9-10,12H2. The van der Waals surface area contributed by atoms with Gasteiger partial charge in [0.15, 0.2) is 0 Å². The highest BCUT2D eigenvalue weighted by atomic mass is 15.2. The number of hydrogen-bond acceptors (Lipinski definition) is 2. The molecule has 1 aliphatic rings. The molecule has 0 amide bonds. The lowest BCUT2D eigenvalue weighted by Gasteiger charge is -2.11. The van der Waals surface area contributed by atoms with Gasteiger partial charge in [0.05, 0.1) is 6.17 Å². The Hall–Kier alpha value is -1.64. The molecule has 1 heterocycles. The average molecular weight is 238 g/mol. The van der Waals surface area contributed by atoms with Gasteiger partial charge in [-0.05, 0) is 16.7 Å². The summed E-state index contributed by atoms with van der Waals surface area (Å²) in [6, 6.07) is 19.4. The Balaban J connectivity index is 1.80. The van der Waals surface area contributed by atoms with E-state index in [1.54, 1.807) is 0 Å². The van der Waals surface area contributed by atoms with Crippen molar-refractivity contribution in [2.45, 2.75) is 12.6 Å². The van der Waals surface area contributed by atoms with Crippen molar-refractivity contribution in [2.75, 3.05) is 13.1 Å². The summed E-state index contributed by atoms with van der Waals surface area (Å²) in [5.41, 5.74) is 3.96. The number of nitrogens with one attached hydrogen (secondary N) is 2. The van der Waals surface area contributed by atoms with E-state index in [1.807, 2.05) is 0 Å². The van der Waals surface area contributed by atoms with Crippen LogP contribution in [0.2, 0.25) is 0 Å². The summed E-state index contributed by atoms with van der Waals surface area (Å²) in [5.74, 6) is 0.